The van der Waals surface area contributed by atoms with Crippen molar-refractivity contribution < 1.29 is 0 Å². The summed E-state index contributed by atoms with van der Waals surface area (Å²) < 4.78 is 3.60. The molecule has 0 atom stereocenters. The van der Waals surface area contributed by atoms with Gasteiger partial charge in [-0.15, -0.1) is 0 Å². The van der Waals surface area contributed by atoms with E-state index in [1.807, 2.05) is 36.1 Å². The molecule has 26 heavy (non-hydrogen) atoms. The van der Waals surface area contributed by atoms with Gasteiger partial charge in [-0.3, -0.25) is 4.68 Å². The van der Waals surface area contributed by atoms with Crippen LogP contribution in [0, 0.1) is 11.3 Å². The molecule has 0 unspecified atom stereocenters. The van der Waals surface area contributed by atoms with Crippen LogP contribution < -0.4 is 5.32 Å². The Morgan fingerprint density at radius 2 is 2.08 bits per heavy atom. The van der Waals surface area contributed by atoms with Crippen molar-refractivity contribution in [2.75, 3.05) is 13.1 Å². The largest absolute Gasteiger partial charge is 0.317 e. The summed E-state index contributed by atoms with van der Waals surface area (Å²) in [5, 5.41) is 24.1. The number of benzene rings is 1. The lowest BCUT2D eigenvalue weighted by molar-refractivity contribution is 0.456. The van der Waals surface area contributed by atoms with E-state index in [1.54, 1.807) is 16.0 Å². The first-order valence-electron chi connectivity index (χ1n) is 8.66. The second-order valence-electron chi connectivity index (χ2n) is 6.69. The minimum absolute atomic E-state index is 0.531. The highest BCUT2D eigenvalue weighted by Gasteiger charge is 2.20. The van der Waals surface area contributed by atoms with Crippen molar-refractivity contribution in [3.05, 3.63) is 35.1 Å². The van der Waals surface area contributed by atoms with Gasteiger partial charge in [-0.25, -0.2) is 9.50 Å². The van der Waals surface area contributed by atoms with Gasteiger partial charge in [0.2, 0.25) is 4.96 Å². The van der Waals surface area contributed by atoms with E-state index in [0.29, 0.717) is 11.5 Å². The van der Waals surface area contributed by atoms with E-state index in [-0.39, 0.29) is 0 Å². The summed E-state index contributed by atoms with van der Waals surface area (Å²) in [6, 6.07) is 6.13. The molecule has 1 aliphatic rings. The first-order chi connectivity index (χ1) is 12.7. The van der Waals surface area contributed by atoms with E-state index in [0.717, 1.165) is 53.1 Å². The Bertz CT molecular complexity index is 1120. The fourth-order valence-corrected chi connectivity index (χ4v) is 4.63. The van der Waals surface area contributed by atoms with Gasteiger partial charge >= 0.3 is 0 Å². The van der Waals surface area contributed by atoms with Crippen molar-refractivity contribution in [2.45, 2.75) is 18.8 Å². The van der Waals surface area contributed by atoms with E-state index in [4.69, 9.17) is 10.1 Å². The molecule has 1 aliphatic heterocycles. The van der Waals surface area contributed by atoms with Gasteiger partial charge in [-0.05, 0) is 38.1 Å². The fourth-order valence-electron chi connectivity index (χ4n) is 3.58. The van der Waals surface area contributed by atoms with Gasteiger partial charge in [-0.2, -0.15) is 15.5 Å². The van der Waals surface area contributed by atoms with Gasteiger partial charge < -0.3 is 5.32 Å². The van der Waals surface area contributed by atoms with Gasteiger partial charge in [0.15, 0.2) is 0 Å². The van der Waals surface area contributed by atoms with Crippen molar-refractivity contribution in [1.82, 2.24) is 29.7 Å². The van der Waals surface area contributed by atoms with Gasteiger partial charge in [-0.1, -0.05) is 11.3 Å². The second-order valence-corrected chi connectivity index (χ2v) is 7.68. The monoisotopic (exact) mass is 363 g/mol. The molecule has 130 valence electrons. The third-order valence-corrected chi connectivity index (χ3v) is 5.97. The second kappa shape index (κ2) is 5.90. The Morgan fingerprint density at radius 3 is 2.85 bits per heavy atom. The van der Waals surface area contributed by atoms with E-state index < -0.39 is 0 Å². The number of imidazole rings is 1. The molecule has 1 fully saturated rings. The van der Waals surface area contributed by atoms with Crippen LogP contribution in [0.1, 0.15) is 29.3 Å². The summed E-state index contributed by atoms with van der Waals surface area (Å²) in [5.41, 5.74) is 3.05. The van der Waals surface area contributed by atoms with E-state index >= 15 is 0 Å². The molecule has 8 heteroatoms. The molecule has 1 N–H and O–H groups in total. The molecule has 0 saturated carbocycles. The minimum Gasteiger partial charge on any atom is -0.317 e. The van der Waals surface area contributed by atoms with Crippen LogP contribution in [0.2, 0.25) is 0 Å². The Morgan fingerprint density at radius 1 is 1.23 bits per heavy atom. The maximum Gasteiger partial charge on any atom is 0.212 e. The van der Waals surface area contributed by atoms with E-state index in [2.05, 4.69) is 16.5 Å². The molecule has 0 spiro atoms. The number of hydrogen-bond donors (Lipinski definition) is 1. The van der Waals surface area contributed by atoms with E-state index in [1.165, 1.54) is 5.01 Å². The average Bonchev–Trinajstić information content (AvgIpc) is 3.33. The summed E-state index contributed by atoms with van der Waals surface area (Å²) in [5.74, 6) is 0.531. The highest BCUT2D eigenvalue weighted by atomic mass is 32.1. The Kier molecular flexibility index (Phi) is 3.51. The lowest BCUT2D eigenvalue weighted by atomic mass is 9.99. The number of hydrogen-bond acceptors (Lipinski definition) is 6. The van der Waals surface area contributed by atoms with E-state index in [9.17, 15) is 5.26 Å². The number of fused-ring (bicyclic) bond motifs is 2. The zero-order valence-electron chi connectivity index (χ0n) is 14.3. The van der Waals surface area contributed by atoms with Crippen LogP contribution in [-0.2, 0) is 7.05 Å². The van der Waals surface area contributed by atoms with Gasteiger partial charge in [0.25, 0.3) is 0 Å². The summed E-state index contributed by atoms with van der Waals surface area (Å²) >= 11 is 1.67. The van der Waals surface area contributed by atoms with Crippen LogP contribution >= 0.6 is 11.3 Å². The zero-order chi connectivity index (χ0) is 17.7. The van der Waals surface area contributed by atoms with Crippen LogP contribution in [0.25, 0.3) is 27.1 Å². The summed E-state index contributed by atoms with van der Waals surface area (Å²) in [4.78, 5) is 5.66. The SMILES string of the molecule is Cn1cc2cc(-c3cn4nc(C5CCNCC5)sc4n3)cc(C#N)c2n1. The number of nitrogens with zero attached hydrogens (tertiary/aromatic N) is 6. The van der Waals surface area contributed by atoms with Crippen molar-refractivity contribution in [3.63, 3.8) is 0 Å². The topological polar surface area (TPSA) is 83.8 Å². The lowest BCUT2D eigenvalue weighted by Gasteiger charge is -2.19. The number of rotatable bonds is 2. The zero-order valence-corrected chi connectivity index (χ0v) is 15.1. The minimum atomic E-state index is 0.531. The van der Waals surface area contributed by atoms with Crippen LogP contribution in [0.3, 0.4) is 0 Å². The smallest absolute Gasteiger partial charge is 0.212 e. The molecule has 7 nitrogen and oxygen atoms in total. The Balaban J connectivity index is 1.55. The highest BCUT2D eigenvalue weighted by molar-refractivity contribution is 7.16. The molecule has 3 aromatic heterocycles. The molecule has 4 aromatic rings. The number of aryl methyl sites for hydroxylation is 1. The predicted octanol–water partition coefficient (Wildman–Crippen LogP) is 2.68. The quantitative estimate of drug-likeness (QED) is 0.592. The average molecular weight is 363 g/mol. The lowest BCUT2D eigenvalue weighted by Crippen LogP contribution is -2.26. The van der Waals surface area contributed by atoms with Crippen molar-refractivity contribution in [1.29, 1.82) is 5.26 Å². The van der Waals surface area contributed by atoms with Crippen LogP contribution in [-0.4, -0.2) is 37.5 Å². The summed E-state index contributed by atoms with van der Waals surface area (Å²) in [6.07, 6.45) is 6.14. The molecule has 0 aliphatic carbocycles. The van der Waals surface area contributed by atoms with Crippen LogP contribution in [0.15, 0.2) is 24.5 Å². The fraction of sp³-hybridized carbons (Fsp3) is 0.333. The third-order valence-electron chi connectivity index (χ3n) is 4.89. The molecular formula is C18H17N7S. The molecule has 5 rings (SSSR count). The van der Waals surface area contributed by atoms with Crippen molar-refractivity contribution in [3.8, 4) is 17.3 Å². The molecule has 1 saturated heterocycles. The summed E-state index contributed by atoms with van der Waals surface area (Å²) in [6.45, 7) is 2.11. The molecule has 0 amide bonds. The number of nitrogens with one attached hydrogen (secondary N) is 1. The molecule has 0 bridgehead atoms. The Hall–Kier alpha value is -2.76. The molecule has 0 radical (unpaired) electrons. The standard InChI is InChI=1S/C18H17N7S/c1-24-9-14-7-12(6-13(8-19)16(14)22-24)15-10-25-18(21-15)26-17(23-25)11-2-4-20-5-3-11/h6-7,9-11,20H,2-5H2,1H3. The van der Waals surface area contributed by atoms with Gasteiger partial charge in [0.05, 0.1) is 17.5 Å². The first kappa shape index (κ1) is 15.5. The molecular weight excluding hydrogens is 346 g/mol. The normalized spacial score (nSPS) is 15.7. The number of piperidine rings is 1. The highest BCUT2D eigenvalue weighted by Crippen LogP contribution is 2.31. The molecule has 1 aromatic carbocycles. The van der Waals surface area contributed by atoms with Crippen LogP contribution in [0.4, 0.5) is 0 Å². The third kappa shape index (κ3) is 2.48. The van der Waals surface area contributed by atoms with Crippen molar-refractivity contribution in [2.24, 2.45) is 7.05 Å². The Labute approximate surface area is 153 Å². The predicted molar refractivity (Wildman–Crippen MR) is 100 cm³/mol. The van der Waals surface area contributed by atoms with Gasteiger partial charge in [0.1, 0.15) is 16.6 Å². The first-order valence-corrected chi connectivity index (χ1v) is 9.47. The maximum atomic E-state index is 9.46. The van der Waals surface area contributed by atoms with Gasteiger partial charge in [0, 0.05) is 30.1 Å². The van der Waals surface area contributed by atoms with Crippen LogP contribution in [0.5, 0.6) is 0 Å². The maximum absolute atomic E-state index is 9.46. The number of nitriles is 1. The van der Waals surface area contributed by atoms with Crippen molar-refractivity contribution >= 4 is 27.2 Å². The molecule has 4 heterocycles. The number of aromatic nitrogens is 5. The summed E-state index contributed by atoms with van der Waals surface area (Å²) in [7, 11) is 1.86.